The molecule has 31 heavy (non-hydrogen) atoms. The van der Waals surface area contributed by atoms with Crippen LogP contribution in [0.25, 0.3) is 0 Å². The van der Waals surface area contributed by atoms with Crippen LogP contribution in [-0.4, -0.2) is 20.9 Å². The van der Waals surface area contributed by atoms with Crippen molar-refractivity contribution in [2.24, 2.45) is 0 Å². The lowest BCUT2D eigenvalue weighted by atomic mass is 10.1. The lowest BCUT2D eigenvalue weighted by molar-refractivity contribution is 0.0951. The van der Waals surface area contributed by atoms with E-state index in [1.807, 2.05) is 31.2 Å². The minimum absolute atomic E-state index is 0.101. The number of para-hydroxylation sites is 1. The van der Waals surface area contributed by atoms with Crippen LogP contribution in [0.15, 0.2) is 77.7 Å². The Hall–Kier alpha value is -3.23. The molecular weight excluding hydrogens is 419 g/mol. The van der Waals surface area contributed by atoms with E-state index in [0.717, 1.165) is 35.4 Å². The Bertz CT molecular complexity index is 1130. The van der Waals surface area contributed by atoms with Crippen molar-refractivity contribution in [3.8, 4) is 0 Å². The third-order valence-electron chi connectivity index (χ3n) is 4.49. The quantitative estimate of drug-likeness (QED) is 0.523. The SMILES string of the molecule is CCOCc1ccc(CNC(=O)c2ccccc2NS(=O)(=O)c2ccc(F)cc2)cc1. The topological polar surface area (TPSA) is 84.5 Å². The molecule has 3 rings (SSSR count). The van der Waals surface area contributed by atoms with Crippen LogP contribution in [0.1, 0.15) is 28.4 Å². The predicted octanol–water partition coefficient (Wildman–Crippen LogP) is 4.09. The van der Waals surface area contributed by atoms with Gasteiger partial charge >= 0.3 is 0 Å². The van der Waals surface area contributed by atoms with Crippen molar-refractivity contribution in [3.63, 3.8) is 0 Å². The molecule has 0 unspecified atom stereocenters. The smallest absolute Gasteiger partial charge is 0.261 e. The van der Waals surface area contributed by atoms with E-state index in [9.17, 15) is 17.6 Å². The number of amides is 1. The summed E-state index contributed by atoms with van der Waals surface area (Å²) >= 11 is 0. The molecule has 0 aromatic heterocycles. The van der Waals surface area contributed by atoms with Crippen LogP contribution in [-0.2, 0) is 27.9 Å². The van der Waals surface area contributed by atoms with Crippen LogP contribution < -0.4 is 10.0 Å². The van der Waals surface area contributed by atoms with E-state index in [-0.39, 0.29) is 22.7 Å². The van der Waals surface area contributed by atoms with Crippen molar-refractivity contribution in [2.45, 2.75) is 25.0 Å². The molecule has 8 heteroatoms. The van der Waals surface area contributed by atoms with Gasteiger partial charge in [-0.05, 0) is 54.4 Å². The molecule has 6 nitrogen and oxygen atoms in total. The summed E-state index contributed by atoms with van der Waals surface area (Å²) < 4.78 is 46.1. The number of nitrogens with one attached hydrogen (secondary N) is 2. The Morgan fingerprint density at radius 3 is 2.26 bits per heavy atom. The molecular formula is C23H23FN2O4S. The van der Waals surface area contributed by atoms with Crippen molar-refractivity contribution in [3.05, 3.63) is 95.3 Å². The molecule has 2 N–H and O–H groups in total. The van der Waals surface area contributed by atoms with Gasteiger partial charge in [0.25, 0.3) is 15.9 Å². The Labute approximate surface area is 181 Å². The number of hydrogen-bond acceptors (Lipinski definition) is 4. The van der Waals surface area contributed by atoms with Gasteiger partial charge in [0.05, 0.1) is 22.8 Å². The second-order valence-corrected chi connectivity index (χ2v) is 8.42. The van der Waals surface area contributed by atoms with Gasteiger partial charge in [0.15, 0.2) is 0 Å². The maximum Gasteiger partial charge on any atom is 0.261 e. The molecule has 0 atom stereocenters. The van der Waals surface area contributed by atoms with Crippen molar-refractivity contribution < 1.29 is 22.3 Å². The molecule has 3 aromatic carbocycles. The second-order valence-electron chi connectivity index (χ2n) is 6.74. The second kappa shape index (κ2) is 10.2. The van der Waals surface area contributed by atoms with E-state index in [1.165, 1.54) is 12.1 Å². The van der Waals surface area contributed by atoms with Gasteiger partial charge in [-0.3, -0.25) is 9.52 Å². The Morgan fingerprint density at radius 2 is 1.58 bits per heavy atom. The van der Waals surface area contributed by atoms with Crippen LogP contribution in [0, 0.1) is 5.82 Å². The summed E-state index contributed by atoms with van der Waals surface area (Å²) in [5.74, 6) is -0.958. The monoisotopic (exact) mass is 442 g/mol. The van der Waals surface area contributed by atoms with Crippen molar-refractivity contribution in [1.29, 1.82) is 0 Å². The van der Waals surface area contributed by atoms with Gasteiger partial charge < -0.3 is 10.1 Å². The highest BCUT2D eigenvalue weighted by Crippen LogP contribution is 2.20. The average Bonchev–Trinajstić information content (AvgIpc) is 2.77. The first-order chi connectivity index (χ1) is 14.9. The fourth-order valence-corrected chi connectivity index (χ4v) is 3.92. The average molecular weight is 443 g/mol. The first-order valence-electron chi connectivity index (χ1n) is 9.70. The summed E-state index contributed by atoms with van der Waals surface area (Å²) in [7, 11) is -3.97. The summed E-state index contributed by atoms with van der Waals surface area (Å²) in [5.41, 5.74) is 2.26. The highest BCUT2D eigenvalue weighted by atomic mass is 32.2. The fraction of sp³-hybridized carbons (Fsp3) is 0.174. The molecule has 162 valence electrons. The molecule has 0 bridgehead atoms. The molecule has 0 aliphatic rings. The first-order valence-corrected chi connectivity index (χ1v) is 11.2. The Balaban J connectivity index is 1.69. The summed E-state index contributed by atoms with van der Waals surface area (Å²) in [6, 6.07) is 18.4. The lowest BCUT2D eigenvalue weighted by Gasteiger charge is -2.13. The normalized spacial score (nSPS) is 11.2. The van der Waals surface area contributed by atoms with Gasteiger partial charge in [-0.25, -0.2) is 12.8 Å². The molecule has 0 fully saturated rings. The largest absolute Gasteiger partial charge is 0.377 e. The van der Waals surface area contributed by atoms with Crippen LogP contribution in [0.3, 0.4) is 0 Å². The van der Waals surface area contributed by atoms with Gasteiger partial charge in [0, 0.05) is 13.2 Å². The molecule has 0 saturated carbocycles. The number of anilines is 1. The zero-order valence-corrected chi connectivity index (χ0v) is 17.8. The van der Waals surface area contributed by atoms with Gasteiger partial charge in [-0.2, -0.15) is 0 Å². The van der Waals surface area contributed by atoms with Crippen LogP contribution in [0.4, 0.5) is 10.1 Å². The van der Waals surface area contributed by atoms with Gasteiger partial charge in [0.1, 0.15) is 5.82 Å². The number of halogens is 1. The number of carbonyl (C=O) groups is 1. The zero-order valence-electron chi connectivity index (χ0n) is 17.0. The fourth-order valence-electron chi connectivity index (χ4n) is 2.84. The summed E-state index contributed by atoms with van der Waals surface area (Å²) in [4.78, 5) is 12.6. The van der Waals surface area contributed by atoms with E-state index >= 15 is 0 Å². The maximum absolute atomic E-state index is 13.1. The van der Waals surface area contributed by atoms with Crippen LogP contribution in [0.2, 0.25) is 0 Å². The van der Waals surface area contributed by atoms with E-state index in [0.29, 0.717) is 13.2 Å². The Kier molecular flexibility index (Phi) is 7.38. The van der Waals surface area contributed by atoms with E-state index in [4.69, 9.17) is 4.74 Å². The van der Waals surface area contributed by atoms with Gasteiger partial charge in [0.2, 0.25) is 0 Å². The molecule has 1 amide bonds. The molecule has 0 radical (unpaired) electrons. The molecule has 0 spiro atoms. The molecule has 0 saturated heterocycles. The number of carbonyl (C=O) groups excluding carboxylic acids is 1. The summed E-state index contributed by atoms with van der Waals surface area (Å²) in [6.45, 7) is 3.39. The molecule has 0 aliphatic carbocycles. The van der Waals surface area contributed by atoms with E-state index < -0.39 is 21.7 Å². The van der Waals surface area contributed by atoms with Crippen LogP contribution in [0.5, 0.6) is 0 Å². The molecule has 0 aliphatic heterocycles. The number of benzene rings is 3. The van der Waals surface area contributed by atoms with Gasteiger partial charge in [-0.15, -0.1) is 0 Å². The highest BCUT2D eigenvalue weighted by molar-refractivity contribution is 7.92. The minimum atomic E-state index is -3.97. The number of ether oxygens (including phenoxy) is 1. The maximum atomic E-state index is 13.1. The van der Waals surface area contributed by atoms with E-state index in [2.05, 4.69) is 10.0 Å². The summed E-state index contributed by atoms with van der Waals surface area (Å²) in [5, 5.41) is 2.80. The van der Waals surface area contributed by atoms with E-state index in [1.54, 1.807) is 12.1 Å². The van der Waals surface area contributed by atoms with Gasteiger partial charge in [-0.1, -0.05) is 36.4 Å². The third kappa shape index (κ3) is 6.13. The molecule has 3 aromatic rings. The van der Waals surface area contributed by atoms with Crippen molar-refractivity contribution in [1.82, 2.24) is 5.32 Å². The standard InChI is InChI=1S/C23H23FN2O4S/c1-2-30-16-18-9-7-17(8-10-18)15-25-23(27)21-5-3-4-6-22(21)26-31(28,29)20-13-11-19(24)12-14-20/h3-14,26H,2,15-16H2,1H3,(H,25,27). The molecule has 0 heterocycles. The number of hydrogen-bond donors (Lipinski definition) is 2. The van der Waals surface area contributed by atoms with Crippen LogP contribution >= 0.6 is 0 Å². The predicted molar refractivity (Wildman–Crippen MR) is 117 cm³/mol. The minimum Gasteiger partial charge on any atom is -0.377 e. The van der Waals surface area contributed by atoms with Crippen molar-refractivity contribution >= 4 is 21.6 Å². The first kappa shape index (κ1) is 22.5. The highest BCUT2D eigenvalue weighted by Gasteiger charge is 2.18. The zero-order chi connectivity index (χ0) is 22.3. The summed E-state index contributed by atoms with van der Waals surface area (Å²) in [6.07, 6.45) is 0. The van der Waals surface area contributed by atoms with Crippen molar-refractivity contribution in [2.75, 3.05) is 11.3 Å². The Morgan fingerprint density at radius 1 is 0.935 bits per heavy atom. The third-order valence-corrected chi connectivity index (χ3v) is 5.87. The number of rotatable bonds is 9. The number of sulfonamides is 1. The lowest BCUT2D eigenvalue weighted by Crippen LogP contribution is -2.25.